The molecule has 1 saturated carbocycles. The molecule has 0 aliphatic heterocycles. The first-order valence-corrected chi connectivity index (χ1v) is 7.39. The van der Waals surface area contributed by atoms with Crippen LogP contribution in [-0.2, 0) is 4.79 Å². The molecule has 1 aromatic rings. The smallest absolute Gasteiger partial charge is 0.224 e. The normalized spacial score (nSPS) is 24.3. The van der Waals surface area contributed by atoms with Crippen molar-refractivity contribution in [3.63, 3.8) is 0 Å². The maximum atomic E-state index is 12.2. The number of aliphatic hydroxyl groups excluding tert-OH is 1. The van der Waals surface area contributed by atoms with Crippen molar-refractivity contribution in [3.05, 3.63) is 29.8 Å². The van der Waals surface area contributed by atoms with Gasteiger partial charge in [0.25, 0.3) is 0 Å². The van der Waals surface area contributed by atoms with Gasteiger partial charge in [0.15, 0.2) is 0 Å². The number of hydrogen-bond acceptors (Lipinski definition) is 2. The molecule has 1 aliphatic rings. The van der Waals surface area contributed by atoms with Gasteiger partial charge in [0.1, 0.15) is 0 Å². The molecule has 1 amide bonds. The number of benzene rings is 1. The van der Waals surface area contributed by atoms with Crippen LogP contribution in [0.5, 0.6) is 0 Å². The van der Waals surface area contributed by atoms with Gasteiger partial charge >= 0.3 is 0 Å². The number of anilines is 1. The van der Waals surface area contributed by atoms with Crippen molar-refractivity contribution in [2.75, 3.05) is 5.32 Å². The minimum atomic E-state index is -0.275. The first-order chi connectivity index (χ1) is 9.32. The van der Waals surface area contributed by atoms with Gasteiger partial charge in [-0.15, -0.1) is 0 Å². The molecule has 2 N–H and O–H groups in total. The summed E-state index contributed by atoms with van der Waals surface area (Å²) in [6, 6.07) is 7.94. The Labute approximate surface area is 121 Å². The highest BCUT2D eigenvalue weighted by atomic mass is 16.3. The molecule has 1 aromatic carbocycles. The third-order valence-corrected chi connectivity index (χ3v) is 4.71. The van der Waals surface area contributed by atoms with E-state index in [2.05, 4.69) is 25.2 Å². The summed E-state index contributed by atoms with van der Waals surface area (Å²) in [7, 11) is 0. The summed E-state index contributed by atoms with van der Waals surface area (Å²) < 4.78 is 0. The molecule has 2 atom stereocenters. The zero-order valence-electron chi connectivity index (χ0n) is 12.8. The predicted octanol–water partition coefficient (Wildman–Crippen LogP) is 3.55. The molecule has 3 nitrogen and oxygen atoms in total. The second-order valence-corrected chi connectivity index (χ2v) is 6.76. The molecular weight excluding hydrogens is 250 g/mol. The van der Waals surface area contributed by atoms with Gasteiger partial charge in [-0.3, -0.25) is 4.79 Å². The van der Waals surface area contributed by atoms with Crippen LogP contribution >= 0.6 is 0 Å². The van der Waals surface area contributed by atoms with E-state index in [0.717, 1.165) is 17.7 Å². The van der Waals surface area contributed by atoms with E-state index in [4.69, 9.17) is 0 Å². The number of para-hydroxylation sites is 1. The Morgan fingerprint density at radius 2 is 2.05 bits per heavy atom. The summed E-state index contributed by atoms with van der Waals surface area (Å²) >= 11 is 0. The lowest BCUT2D eigenvalue weighted by molar-refractivity contribution is -0.129. The van der Waals surface area contributed by atoms with E-state index in [9.17, 15) is 9.90 Å². The summed E-state index contributed by atoms with van der Waals surface area (Å²) in [6.45, 7) is 8.30. The van der Waals surface area contributed by atoms with E-state index in [-0.39, 0.29) is 23.3 Å². The Morgan fingerprint density at radius 3 is 2.60 bits per heavy atom. The van der Waals surface area contributed by atoms with E-state index < -0.39 is 0 Å². The Kier molecular flexibility index (Phi) is 4.19. The summed E-state index contributed by atoms with van der Waals surface area (Å²) in [5, 5.41) is 12.8. The van der Waals surface area contributed by atoms with Crippen LogP contribution in [-0.4, -0.2) is 17.1 Å². The molecule has 2 rings (SSSR count). The summed E-state index contributed by atoms with van der Waals surface area (Å²) in [6.07, 6.45) is 0.936. The minimum absolute atomic E-state index is 0.0445. The van der Waals surface area contributed by atoms with E-state index in [0.29, 0.717) is 12.3 Å². The lowest BCUT2D eigenvalue weighted by Crippen LogP contribution is -2.50. The summed E-state index contributed by atoms with van der Waals surface area (Å²) in [5.74, 6) is 0.695. The maximum Gasteiger partial charge on any atom is 0.224 e. The zero-order chi connectivity index (χ0) is 14.9. The first kappa shape index (κ1) is 15.0. The van der Waals surface area contributed by atoms with Crippen LogP contribution in [0.15, 0.2) is 24.3 Å². The number of carbonyl (C=O) groups is 1. The molecule has 0 heterocycles. The van der Waals surface area contributed by atoms with Gasteiger partial charge in [0.2, 0.25) is 5.91 Å². The molecule has 1 fully saturated rings. The highest BCUT2D eigenvalue weighted by Crippen LogP contribution is 2.48. The average Bonchev–Trinajstić information content (AvgIpc) is 2.38. The largest absolute Gasteiger partial charge is 0.393 e. The van der Waals surface area contributed by atoms with Gasteiger partial charge in [-0.25, -0.2) is 0 Å². The molecule has 3 heteroatoms. The monoisotopic (exact) mass is 275 g/mol. The van der Waals surface area contributed by atoms with Crippen molar-refractivity contribution < 1.29 is 9.90 Å². The Balaban J connectivity index is 1.99. The van der Waals surface area contributed by atoms with Crippen molar-refractivity contribution in [1.82, 2.24) is 0 Å². The topological polar surface area (TPSA) is 49.3 Å². The molecule has 110 valence electrons. The van der Waals surface area contributed by atoms with Gasteiger partial charge in [-0.05, 0) is 35.3 Å². The van der Waals surface area contributed by atoms with Crippen LogP contribution in [0.2, 0.25) is 0 Å². The van der Waals surface area contributed by atoms with Gasteiger partial charge in [-0.1, -0.05) is 45.9 Å². The quantitative estimate of drug-likeness (QED) is 0.883. The minimum Gasteiger partial charge on any atom is -0.393 e. The van der Waals surface area contributed by atoms with Crippen molar-refractivity contribution in [2.45, 2.75) is 52.6 Å². The van der Waals surface area contributed by atoms with E-state index in [1.54, 1.807) is 0 Å². The highest BCUT2D eigenvalue weighted by molar-refractivity contribution is 5.91. The average molecular weight is 275 g/mol. The van der Waals surface area contributed by atoms with Gasteiger partial charge in [0.05, 0.1) is 6.10 Å². The Hall–Kier alpha value is -1.35. The number of carbonyl (C=O) groups excluding carboxylic acids is 1. The fourth-order valence-corrected chi connectivity index (χ4v) is 2.87. The molecular formula is C17H25NO2. The number of rotatable bonds is 4. The molecule has 20 heavy (non-hydrogen) atoms. The fourth-order valence-electron chi connectivity index (χ4n) is 2.87. The number of aliphatic hydroxyl groups is 1. The van der Waals surface area contributed by atoms with Crippen LogP contribution < -0.4 is 5.32 Å². The van der Waals surface area contributed by atoms with Crippen LogP contribution in [0.1, 0.15) is 52.0 Å². The molecule has 2 unspecified atom stereocenters. The van der Waals surface area contributed by atoms with E-state index in [1.165, 1.54) is 0 Å². The first-order valence-electron chi connectivity index (χ1n) is 7.39. The van der Waals surface area contributed by atoms with Gasteiger partial charge < -0.3 is 10.4 Å². The standard InChI is InChI=1S/C17H25NO2/c1-11(2)13-7-5-6-8-14(13)18-16(20)10-12-9-15(19)17(12,3)4/h5-8,11-12,15,19H,9-10H2,1-4H3,(H,18,20). The SMILES string of the molecule is CC(C)c1ccccc1NC(=O)CC1CC(O)C1(C)C. The maximum absolute atomic E-state index is 12.2. The van der Waals surface area contributed by atoms with Crippen LogP contribution in [0, 0.1) is 11.3 Å². The van der Waals surface area contributed by atoms with Crippen LogP contribution in [0.3, 0.4) is 0 Å². The van der Waals surface area contributed by atoms with Crippen LogP contribution in [0.25, 0.3) is 0 Å². The third kappa shape index (κ3) is 2.88. The fraction of sp³-hybridized carbons (Fsp3) is 0.588. The molecule has 0 aromatic heterocycles. The number of nitrogens with one attached hydrogen (secondary N) is 1. The number of amides is 1. The Morgan fingerprint density at radius 1 is 1.40 bits per heavy atom. The van der Waals surface area contributed by atoms with Gasteiger partial charge in [-0.2, -0.15) is 0 Å². The summed E-state index contributed by atoms with van der Waals surface area (Å²) in [5.41, 5.74) is 1.92. The lowest BCUT2D eigenvalue weighted by atomic mass is 9.59. The molecule has 0 saturated heterocycles. The van der Waals surface area contributed by atoms with E-state index in [1.807, 2.05) is 32.0 Å². The summed E-state index contributed by atoms with van der Waals surface area (Å²) in [4.78, 5) is 12.2. The second kappa shape index (κ2) is 5.57. The molecule has 1 aliphatic carbocycles. The van der Waals surface area contributed by atoms with Crippen molar-refractivity contribution in [1.29, 1.82) is 0 Å². The van der Waals surface area contributed by atoms with Crippen molar-refractivity contribution in [2.24, 2.45) is 11.3 Å². The van der Waals surface area contributed by atoms with Crippen LogP contribution in [0.4, 0.5) is 5.69 Å². The molecule has 0 radical (unpaired) electrons. The van der Waals surface area contributed by atoms with Gasteiger partial charge in [0, 0.05) is 12.1 Å². The molecule has 0 spiro atoms. The highest BCUT2D eigenvalue weighted by Gasteiger charge is 2.47. The molecule has 0 bridgehead atoms. The lowest BCUT2D eigenvalue weighted by Gasteiger charge is -2.49. The zero-order valence-corrected chi connectivity index (χ0v) is 12.8. The third-order valence-electron chi connectivity index (χ3n) is 4.71. The van der Waals surface area contributed by atoms with Crippen molar-refractivity contribution in [3.8, 4) is 0 Å². The van der Waals surface area contributed by atoms with E-state index >= 15 is 0 Å². The number of hydrogen-bond donors (Lipinski definition) is 2. The predicted molar refractivity (Wildman–Crippen MR) is 81.7 cm³/mol. The Bertz CT molecular complexity index is 494. The second-order valence-electron chi connectivity index (χ2n) is 6.76. The van der Waals surface area contributed by atoms with Crippen molar-refractivity contribution >= 4 is 11.6 Å².